The molecule has 0 saturated carbocycles. The summed E-state index contributed by atoms with van der Waals surface area (Å²) in [5, 5.41) is 3.21. The Morgan fingerprint density at radius 1 is 1.45 bits per heavy atom. The molecule has 0 bridgehead atoms. The minimum atomic E-state index is -0.122. The normalized spacial score (nSPS) is 9.64. The van der Waals surface area contributed by atoms with Crippen LogP contribution in [0.1, 0.15) is 26.2 Å². The monoisotopic (exact) mass is 159 g/mol. The van der Waals surface area contributed by atoms with Gasteiger partial charge in [0.15, 0.2) is 0 Å². The maximum absolute atomic E-state index is 10.6. The lowest BCUT2D eigenvalue weighted by molar-refractivity contribution is -0.140. The van der Waals surface area contributed by atoms with Crippen LogP contribution in [0.15, 0.2) is 0 Å². The Labute approximate surface area is 68.1 Å². The maximum atomic E-state index is 10.6. The second-order valence-electron chi connectivity index (χ2n) is 2.43. The molecule has 11 heavy (non-hydrogen) atoms. The minimum absolute atomic E-state index is 0.122. The minimum Gasteiger partial charge on any atom is -0.469 e. The van der Waals surface area contributed by atoms with Crippen LogP contribution in [0, 0.1) is 0 Å². The molecule has 0 saturated heterocycles. The van der Waals surface area contributed by atoms with Gasteiger partial charge in [-0.1, -0.05) is 6.92 Å². The second-order valence-corrected chi connectivity index (χ2v) is 2.43. The van der Waals surface area contributed by atoms with Crippen LogP contribution in [0.3, 0.4) is 0 Å². The van der Waals surface area contributed by atoms with Gasteiger partial charge in [0.1, 0.15) is 0 Å². The van der Waals surface area contributed by atoms with E-state index in [1.54, 1.807) is 0 Å². The van der Waals surface area contributed by atoms with E-state index >= 15 is 0 Å². The molecular weight excluding hydrogens is 142 g/mol. The van der Waals surface area contributed by atoms with Gasteiger partial charge in [0, 0.05) is 6.42 Å². The quantitative estimate of drug-likeness (QED) is 0.463. The van der Waals surface area contributed by atoms with Crippen LogP contribution in [-0.2, 0) is 9.53 Å². The van der Waals surface area contributed by atoms with E-state index in [9.17, 15) is 4.79 Å². The van der Waals surface area contributed by atoms with Crippen molar-refractivity contribution in [1.29, 1.82) is 0 Å². The summed E-state index contributed by atoms with van der Waals surface area (Å²) >= 11 is 0. The molecule has 0 aromatic carbocycles. The molecule has 0 unspecified atom stereocenters. The zero-order valence-corrected chi connectivity index (χ0v) is 7.35. The molecule has 0 amide bonds. The highest BCUT2D eigenvalue weighted by atomic mass is 16.5. The lowest BCUT2D eigenvalue weighted by Crippen LogP contribution is -2.17. The third-order valence-electron chi connectivity index (χ3n) is 1.39. The second kappa shape index (κ2) is 7.54. The van der Waals surface area contributed by atoms with Crippen molar-refractivity contribution in [3.8, 4) is 0 Å². The number of carbonyl (C=O) groups excluding carboxylic acids is 1. The Morgan fingerprint density at radius 2 is 2.18 bits per heavy atom. The van der Waals surface area contributed by atoms with Crippen LogP contribution < -0.4 is 5.32 Å². The highest BCUT2D eigenvalue weighted by Gasteiger charge is 1.97. The predicted octanol–water partition coefficient (Wildman–Crippen LogP) is 0.939. The van der Waals surface area contributed by atoms with Crippen LogP contribution in [0.4, 0.5) is 0 Å². The molecule has 0 rings (SSSR count). The molecule has 0 atom stereocenters. The first-order valence-electron chi connectivity index (χ1n) is 4.08. The standard InChI is InChI=1S/C8H17NO2/c1-3-6-9-7-4-5-8(10)11-2/h9H,3-7H2,1-2H3. The Balaban J connectivity index is 2.95. The molecule has 1 N–H and O–H groups in total. The van der Waals surface area contributed by atoms with Crippen molar-refractivity contribution in [2.75, 3.05) is 20.2 Å². The van der Waals surface area contributed by atoms with Crippen LogP contribution in [0.2, 0.25) is 0 Å². The van der Waals surface area contributed by atoms with Crippen LogP contribution in [0.25, 0.3) is 0 Å². The average Bonchev–Trinajstić information content (AvgIpc) is 2.04. The lowest BCUT2D eigenvalue weighted by Gasteiger charge is -2.00. The van der Waals surface area contributed by atoms with E-state index in [2.05, 4.69) is 17.0 Å². The largest absolute Gasteiger partial charge is 0.469 e. The first kappa shape index (κ1) is 10.4. The number of rotatable bonds is 6. The Hall–Kier alpha value is -0.570. The van der Waals surface area contributed by atoms with Crippen molar-refractivity contribution in [2.45, 2.75) is 26.2 Å². The summed E-state index contributed by atoms with van der Waals surface area (Å²) in [5.74, 6) is -0.122. The summed E-state index contributed by atoms with van der Waals surface area (Å²) in [7, 11) is 1.42. The van der Waals surface area contributed by atoms with Crippen LogP contribution in [-0.4, -0.2) is 26.2 Å². The summed E-state index contributed by atoms with van der Waals surface area (Å²) in [6.45, 7) is 4.05. The molecule has 66 valence electrons. The highest BCUT2D eigenvalue weighted by Crippen LogP contribution is 1.89. The lowest BCUT2D eigenvalue weighted by atomic mass is 10.3. The van der Waals surface area contributed by atoms with Crippen molar-refractivity contribution in [2.24, 2.45) is 0 Å². The molecule has 0 aliphatic carbocycles. The number of hydrogen-bond acceptors (Lipinski definition) is 3. The molecule has 0 fully saturated rings. The van der Waals surface area contributed by atoms with Crippen molar-refractivity contribution in [3.05, 3.63) is 0 Å². The van der Waals surface area contributed by atoms with E-state index in [0.717, 1.165) is 25.9 Å². The summed E-state index contributed by atoms with van der Waals surface area (Å²) in [5.41, 5.74) is 0. The Morgan fingerprint density at radius 3 is 2.73 bits per heavy atom. The van der Waals surface area contributed by atoms with Crippen molar-refractivity contribution >= 4 is 5.97 Å². The van der Waals surface area contributed by atoms with Crippen molar-refractivity contribution in [3.63, 3.8) is 0 Å². The van der Waals surface area contributed by atoms with Crippen LogP contribution >= 0.6 is 0 Å². The fourth-order valence-electron chi connectivity index (χ4n) is 0.762. The van der Waals surface area contributed by atoms with E-state index < -0.39 is 0 Å². The first-order chi connectivity index (χ1) is 5.31. The zero-order valence-electron chi connectivity index (χ0n) is 7.35. The van der Waals surface area contributed by atoms with Gasteiger partial charge < -0.3 is 10.1 Å². The number of methoxy groups -OCH3 is 1. The van der Waals surface area contributed by atoms with Crippen LogP contribution in [0.5, 0.6) is 0 Å². The summed E-state index contributed by atoms with van der Waals surface area (Å²) in [6.07, 6.45) is 2.53. The van der Waals surface area contributed by atoms with E-state index in [1.165, 1.54) is 7.11 Å². The summed E-state index contributed by atoms with van der Waals surface area (Å²) in [6, 6.07) is 0. The van der Waals surface area contributed by atoms with Gasteiger partial charge in [-0.05, 0) is 25.9 Å². The third kappa shape index (κ3) is 7.33. The maximum Gasteiger partial charge on any atom is 0.305 e. The smallest absolute Gasteiger partial charge is 0.305 e. The number of nitrogens with one attached hydrogen (secondary N) is 1. The fraction of sp³-hybridized carbons (Fsp3) is 0.875. The van der Waals surface area contributed by atoms with Crippen molar-refractivity contribution < 1.29 is 9.53 Å². The van der Waals surface area contributed by atoms with Crippen molar-refractivity contribution in [1.82, 2.24) is 5.32 Å². The molecule has 0 aliphatic heterocycles. The Bertz CT molecular complexity index is 104. The first-order valence-corrected chi connectivity index (χ1v) is 4.08. The average molecular weight is 159 g/mol. The molecule has 0 aromatic rings. The van der Waals surface area contributed by atoms with Gasteiger partial charge >= 0.3 is 5.97 Å². The van der Waals surface area contributed by atoms with Gasteiger partial charge in [0.25, 0.3) is 0 Å². The van der Waals surface area contributed by atoms with Gasteiger partial charge in [-0.25, -0.2) is 0 Å². The van der Waals surface area contributed by atoms with Gasteiger partial charge in [-0.15, -0.1) is 0 Å². The molecule has 0 spiro atoms. The molecule has 0 aromatic heterocycles. The van der Waals surface area contributed by atoms with E-state index in [4.69, 9.17) is 0 Å². The van der Waals surface area contributed by atoms with E-state index in [1.807, 2.05) is 0 Å². The molecule has 3 nitrogen and oxygen atoms in total. The van der Waals surface area contributed by atoms with Gasteiger partial charge in [0.2, 0.25) is 0 Å². The van der Waals surface area contributed by atoms with E-state index in [-0.39, 0.29) is 5.97 Å². The molecular formula is C8H17NO2. The summed E-state index contributed by atoms with van der Waals surface area (Å²) < 4.78 is 4.49. The molecule has 0 radical (unpaired) electrons. The van der Waals surface area contributed by atoms with E-state index in [0.29, 0.717) is 6.42 Å². The number of carbonyl (C=O) groups is 1. The molecule has 3 heteroatoms. The number of esters is 1. The number of hydrogen-bond donors (Lipinski definition) is 1. The fourth-order valence-corrected chi connectivity index (χ4v) is 0.762. The Kier molecular flexibility index (Phi) is 7.15. The van der Waals surface area contributed by atoms with Gasteiger partial charge in [-0.3, -0.25) is 4.79 Å². The predicted molar refractivity (Wildman–Crippen MR) is 44.4 cm³/mol. The summed E-state index contributed by atoms with van der Waals surface area (Å²) in [4.78, 5) is 10.6. The molecule has 0 aliphatic rings. The highest BCUT2D eigenvalue weighted by molar-refractivity contribution is 5.68. The van der Waals surface area contributed by atoms with Gasteiger partial charge in [0.05, 0.1) is 7.11 Å². The number of ether oxygens (including phenoxy) is 1. The zero-order chi connectivity index (χ0) is 8.53. The topological polar surface area (TPSA) is 38.3 Å². The third-order valence-corrected chi connectivity index (χ3v) is 1.39. The SMILES string of the molecule is CCCNCCCC(=O)OC. The van der Waals surface area contributed by atoms with Gasteiger partial charge in [-0.2, -0.15) is 0 Å². The molecule has 0 heterocycles.